The number of nitrogens with zero attached hydrogens (tertiary/aromatic N) is 3. The highest BCUT2D eigenvalue weighted by Crippen LogP contribution is 2.21. The Hall–Kier alpha value is -2.14. The van der Waals surface area contributed by atoms with E-state index in [1.165, 1.54) is 24.8 Å². The first kappa shape index (κ1) is 17.7. The van der Waals surface area contributed by atoms with Crippen LogP contribution in [0.25, 0.3) is 0 Å². The van der Waals surface area contributed by atoms with Crippen molar-refractivity contribution in [1.29, 1.82) is 0 Å². The van der Waals surface area contributed by atoms with Gasteiger partial charge in [0.1, 0.15) is 0 Å². The monoisotopic (exact) mass is 340 g/mol. The molecule has 0 spiro atoms. The van der Waals surface area contributed by atoms with Crippen LogP contribution in [0.3, 0.4) is 0 Å². The Bertz CT molecular complexity index is 716. The second-order valence-electron chi connectivity index (χ2n) is 6.81. The van der Waals surface area contributed by atoms with Gasteiger partial charge < -0.3 is 5.32 Å². The summed E-state index contributed by atoms with van der Waals surface area (Å²) in [5.41, 5.74) is 3.66. The Kier molecular flexibility index (Phi) is 5.87. The fourth-order valence-electron chi connectivity index (χ4n) is 3.43. The van der Waals surface area contributed by atoms with Crippen LogP contribution in [0.5, 0.6) is 0 Å². The summed E-state index contributed by atoms with van der Waals surface area (Å²) in [7, 11) is 0. The molecule has 3 rings (SSSR count). The summed E-state index contributed by atoms with van der Waals surface area (Å²) in [5, 5.41) is 7.43. The molecule has 2 heterocycles. The standard InChI is InChI=1S/C20H28N4O/c1-3-11-24-16(2)18(14-21-24)20(25)22-19-10-6-5-9-17(19)15-23-12-7-4-8-13-23/h5-6,9-10,14H,3-4,7-8,11-13,15H2,1-2H3,(H,22,25). The van der Waals surface area contributed by atoms with Gasteiger partial charge in [0.05, 0.1) is 11.8 Å². The third-order valence-electron chi connectivity index (χ3n) is 4.89. The first-order valence-corrected chi connectivity index (χ1v) is 9.33. The minimum atomic E-state index is -0.0778. The van der Waals surface area contributed by atoms with Crippen molar-refractivity contribution in [3.63, 3.8) is 0 Å². The molecule has 25 heavy (non-hydrogen) atoms. The molecule has 5 nitrogen and oxygen atoms in total. The first-order valence-electron chi connectivity index (χ1n) is 9.33. The van der Waals surface area contributed by atoms with Gasteiger partial charge in [-0.1, -0.05) is 31.5 Å². The molecule has 1 aliphatic heterocycles. The summed E-state index contributed by atoms with van der Waals surface area (Å²) in [5.74, 6) is -0.0778. The molecule has 1 N–H and O–H groups in total. The van der Waals surface area contributed by atoms with Gasteiger partial charge in [-0.05, 0) is 50.9 Å². The molecule has 0 aliphatic carbocycles. The summed E-state index contributed by atoms with van der Waals surface area (Å²) >= 11 is 0. The van der Waals surface area contributed by atoms with E-state index in [1.54, 1.807) is 6.20 Å². The van der Waals surface area contributed by atoms with E-state index in [2.05, 4.69) is 28.3 Å². The summed E-state index contributed by atoms with van der Waals surface area (Å²) in [6, 6.07) is 8.11. The molecule has 0 unspecified atom stereocenters. The summed E-state index contributed by atoms with van der Waals surface area (Å²) in [6.45, 7) is 8.08. The SMILES string of the molecule is CCCn1ncc(C(=O)Nc2ccccc2CN2CCCCC2)c1C. The van der Waals surface area contributed by atoms with Gasteiger partial charge >= 0.3 is 0 Å². The molecule has 134 valence electrons. The maximum absolute atomic E-state index is 12.7. The Labute approximate surface area is 150 Å². The van der Waals surface area contributed by atoms with Crippen LogP contribution < -0.4 is 5.32 Å². The van der Waals surface area contributed by atoms with E-state index in [0.29, 0.717) is 5.56 Å². The zero-order chi connectivity index (χ0) is 17.6. The van der Waals surface area contributed by atoms with E-state index in [1.807, 2.05) is 29.8 Å². The number of aromatic nitrogens is 2. The predicted molar refractivity (Wildman–Crippen MR) is 101 cm³/mol. The lowest BCUT2D eigenvalue weighted by Gasteiger charge is -2.27. The Morgan fingerprint density at radius 1 is 1.20 bits per heavy atom. The normalized spacial score (nSPS) is 15.3. The average molecular weight is 340 g/mol. The van der Waals surface area contributed by atoms with Crippen LogP contribution in [-0.4, -0.2) is 33.7 Å². The van der Waals surface area contributed by atoms with Crippen LogP contribution in [0.15, 0.2) is 30.5 Å². The highest BCUT2D eigenvalue weighted by atomic mass is 16.1. The van der Waals surface area contributed by atoms with Crippen molar-refractivity contribution in [2.75, 3.05) is 18.4 Å². The van der Waals surface area contributed by atoms with Gasteiger partial charge in [-0.25, -0.2) is 0 Å². The molecular formula is C20H28N4O. The van der Waals surface area contributed by atoms with E-state index < -0.39 is 0 Å². The Balaban J connectivity index is 1.73. The second kappa shape index (κ2) is 8.30. The van der Waals surface area contributed by atoms with E-state index in [-0.39, 0.29) is 5.91 Å². The van der Waals surface area contributed by atoms with Crippen LogP contribution in [-0.2, 0) is 13.1 Å². The van der Waals surface area contributed by atoms with Crippen LogP contribution in [0.1, 0.15) is 54.2 Å². The smallest absolute Gasteiger partial charge is 0.259 e. The third kappa shape index (κ3) is 4.28. The number of amides is 1. The van der Waals surface area contributed by atoms with Crippen LogP contribution in [0.4, 0.5) is 5.69 Å². The number of rotatable bonds is 6. The van der Waals surface area contributed by atoms with Crippen LogP contribution in [0, 0.1) is 6.92 Å². The number of benzene rings is 1. The molecule has 1 aromatic heterocycles. The Morgan fingerprint density at radius 3 is 2.72 bits per heavy atom. The first-order chi connectivity index (χ1) is 12.2. The molecule has 0 radical (unpaired) electrons. The fraction of sp³-hybridized carbons (Fsp3) is 0.500. The number of hydrogen-bond donors (Lipinski definition) is 1. The largest absolute Gasteiger partial charge is 0.322 e. The molecule has 0 bridgehead atoms. The topological polar surface area (TPSA) is 50.2 Å². The zero-order valence-corrected chi connectivity index (χ0v) is 15.3. The molecule has 1 saturated heterocycles. The van der Waals surface area contributed by atoms with Crippen molar-refractivity contribution in [1.82, 2.24) is 14.7 Å². The third-order valence-corrected chi connectivity index (χ3v) is 4.89. The average Bonchev–Trinajstić information content (AvgIpc) is 2.99. The molecule has 2 aromatic rings. The molecule has 1 aliphatic rings. The molecule has 1 fully saturated rings. The molecule has 1 amide bonds. The number of likely N-dealkylation sites (tertiary alicyclic amines) is 1. The number of anilines is 1. The van der Waals surface area contributed by atoms with Crippen molar-refractivity contribution in [2.45, 2.75) is 52.6 Å². The number of piperidine rings is 1. The van der Waals surface area contributed by atoms with Gasteiger partial charge in [-0.3, -0.25) is 14.4 Å². The number of carbonyl (C=O) groups is 1. The Morgan fingerprint density at radius 2 is 1.96 bits per heavy atom. The number of aryl methyl sites for hydroxylation is 1. The van der Waals surface area contributed by atoms with Crippen molar-refractivity contribution in [3.8, 4) is 0 Å². The minimum absolute atomic E-state index is 0.0778. The van der Waals surface area contributed by atoms with Gasteiger partial charge in [0.25, 0.3) is 5.91 Å². The van der Waals surface area contributed by atoms with Crippen molar-refractivity contribution < 1.29 is 4.79 Å². The van der Waals surface area contributed by atoms with E-state index in [4.69, 9.17) is 0 Å². The summed E-state index contributed by atoms with van der Waals surface area (Å²) in [4.78, 5) is 15.2. The van der Waals surface area contributed by atoms with Gasteiger partial charge in [0, 0.05) is 24.5 Å². The van der Waals surface area contributed by atoms with E-state index >= 15 is 0 Å². The molecular weight excluding hydrogens is 312 g/mol. The highest BCUT2D eigenvalue weighted by molar-refractivity contribution is 6.05. The second-order valence-corrected chi connectivity index (χ2v) is 6.81. The maximum atomic E-state index is 12.7. The predicted octanol–water partition coefficient (Wildman–Crippen LogP) is 3.84. The highest BCUT2D eigenvalue weighted by Gasteiger charge is 2.17. The number of carbonyl (C=O) groups excluding carboxylic acids is 1. The van der Waals surface area contributed by atoms with Crippen molar-refractivity contribution >= 4 is 11.6 Å². The fourth-order valence-corrected chi connectivity index (χ4v) is 3.43. The summed E-state index contributed by atoms with van der Waals surface area (Å²) in [6.07, 6.45) is 6.54. The quantitative estimate of drug-likeness (QED) is 0.869. The van der Waals surface area contributed by atoms with Crippen molar-refractivity contribution in [3.05, 3.63) is 47.3 Å². The zero-order valence-electron chi connectivity index (χ0n) is 15.3. The number of hydrogen-bond acceptors (Lipinski definition) is 3. The number of para-hydroxylation sites is 1. The summed E-state index contributed by atoms with van der Waals surface area (Å²) < 4.78 is 1.90. The molecule has 5 heteroatoms. The van der Waals surface area contributed by atoms with Gasteiger partial charge in [-0.2, -0.15) is 5.10 Å². The lowest BCUT2D eigenvalue weighted by molar-refractivity contribution is 0.102. The minimum Gasteiger partial charge on any atom is -0.322 e. The van der Waals surface area contributed by atoms with Gasteiger partial charge in [-0.15, -0.1) is 0 Å². The molecule has 1 aromatic carbocycles. The van der Waals surface area contributed by atoms with E-state index in [9.17, 15) is 4.79 Å². The molecule has 0 saturated carbocycles. The lowest BCUT2D eigenvalue weighted by Crippen LogP contribution is -2.29. The van der Waals surface area contributed by atoms with Gasteiger partial charge in [0.2, 0.25) is 0 Å². The van der Waals surface area contributed by atoms with Gasteiger partial charge in [0.15, 0.2) is 0 Å². The lowest BCUT2D eigenvalue weighted by atomic mass is 10.1. The maximum Gasteiger partial charge on any atom is 0.259 e. The van der Waals surface area contributed by atoms with Crippen LogP contribution in [0.2, 0.25) is 0 Å². The van der Waals surface area contributed by atoms with Crippen LogP contribution >= 0.6 is 0 Å². The molecule has 0 atom stereocenters. The number of nitrogens with one attached hydrogen (secondary N) is 1. The van der Waals surface area contributed by atoms with E-state index in [0.717, 1.165) is 44.0 Å². The van der Waals surface area contributed by atoms with Crippen molar-refractivity contribution in [2.24, 2.45) is 0 Å².